The van der Waals surface area contributed by atoms with E-state index >= 15 is 0 Å². The standard InChI is InChI=1S/C37H75IO9/c1-2-3-4-5-6-7-8-9-10-11-12-14-17-20-39-22-24-41-26-28-43-30-32-45-34-36-47-37-35-46-33-31-44-29-27-42-25-23-40-21-18-15-13-16-19-38/h2-37H2,1H3. The fourth-order valence-electron chi connectivity index (χ4n) is 4.74. The molecule has 0 aliphatic heterocycles. The summed E-state index contributed by atoms with van der Waals surface area (Å²) in [6, 6.07) is 0. The smallest absolute Gasteiger partial charge is 0.0701 e. The quantitative estimate of drug-likeness (QED) is 0.0345. The first-order valence-electron chi connectivity index (χ1n) is 19.2. The van der Waals surface area contributed by atoms with Gasteiger partial charge in [0, 0.05) is 13.2 Å². The zero-order chi connectivity index (χ0) is 33.8. The maximum Gasteiger partial charge on any atom is 0.0701 e. The van der Waals surface area contributed by atoms with Crippen molar-refractivity contribution >= 4 is 22.6 Å². The van der Waals surface area contributed by atoms with Gasteiger partial charge in [-0.05, 0) is 23.7 Å². The van der Waals surface area contributed by atoms with Crippen LogP contribution in [-0.4, -0.2) is 123 Å². The van der Waals surface area contributed by atoms with E-state index in [9.17, 15) is 0 Å². The molecule has 0 N–H and O–H groups in total. The van der Waals surface area contributed by atoms with E-state index in [0.717, 1.165) is 26.1 Å². The average Bonchev–Trinajstić information content (AvgIpc) is 3.08. The van der Waals surface area contributed by atoms with Gasteiger partial charge in [0.05, 0.1) is 106 Å². The predicted molar refractivity (Wildman–Crippen MR) is 200 cm³/mol. The second kappa shape index (κ2) is 46.4. The fraction of sp³-hybridized carbons (Fsp3) is 1.00. The van der Waals surface area contributed by atoms with Crippen LogP contribution in [0.2, 0.25) is 0 Å². The highest BCUT2D eigenvalue weighted by Crippen LogP contribution is 2.12. The Labute approximate surface area is 303 Å². The van der Waals surface area contributed by atoms with Gasteiger partial charge in [-0.1, -0.05) is 119 Å². The Bertz CT molecular complexity index is 490. The molecule has 0 spiro atoms. The lowest BCUT2D eigenvalue weighted by Crippen LogP contribution is -2.15. The largest absolute Gasteiger partial charge is 0.379 e. The molecule has 0 aliphatic rings. The van der Waals surface area contributed by atoms with Crippen LogP contribution >= 0.6 is 22.6 Å². The van der Waals surface area contributed by atoms with Crippen molar-refractivity contribution in [1.82, 2.24) is 0 Å². The van der Waals surface area contributed by atoms with E-state index in [1.165, 1.54) is 101 Å². The van der Waals surface area contributed by atoms with Gasteiger partial charge in [0.15, 0.2) is 0 Å². The van der Waals surface area contributed by atoms with E-state index in [-0.39, 0.29) is 0 Å². The molecular formula is C37H75IO9. The zero-order valence-corrected chi connectivity index (χ0v) is 32.7. The first-order valence-corrected chi connectivity index (χ1v) is 20.7. The van der Waals surface area contributed by atoms with Crippen LogP contribution < -0.4 is 0 Å². The molecule has 0 radical (unpaired) electrons. The Balaban J connectivity index is 3.03. The molecule has 0 amide bonds. The summed E-state index contributed by atoms with van der Waals surface area (Å²) in [6.07, 6.45) is 22.9. The van der Waals surface area contributed by atoms with Gasteiger partial charge in [0.2, 0.25) is 0 Å². The summed E-state index contributed by atoms with van der Waals surface area (Å²) < 4.78 is 51.1. The number of unbranched alkanes of at least 4 members (excludes halogenated alkanes) is 15. The van der Waals surface area contributed by atoms with Gasteiger partial charge >= 0.3 is 0 Å². The van der Waals surface area contributed by atoms with Crippen LogP contribution in [0.4, 0.5) is 0 Å². The van der Waals surface area contributed by atoms with Gasteiger partial charge in [-0.25, -0.2) is 0 Å². The topological polar surface area (TPSA) is 83.1 Å². The number of rotatable bonds is 44. The van der Waals surface area contributed by atoms with Gasteiger partial charge in [0.1, 0.15) is 0 Å². The summed E-state index contributed by atoms with van der Waals surface area (Å²) in [5.74, 6) is 0. The Morgan fingerprint density at radius 1 is 0.234 bits per heavy atom. The first kappa shape index (κ1) is 47.4. The third-order valence-corrected chi connectivity index (χ3v) is 8.30. The normalized spacial score (nSPS) is 11.6. The van der Waals surface area contributed by atoms with Crippen molar-refractivity contribution in [1.29, 1.82) is 0 Å². The molecule has 284 valence electrons. The molecule has 0 aromatic heterocycles. The Kier molecular flexibility index (Phi) is 46.7. The zero-order valence-electron chi connectivity index (χ0n) is 30.5. The van der Waals surface area contributed by atoms with Crippen molar-refractivity contribution in [2.75, 3.05) is 123 Å². The summed E-state index contributed by atoms with van der Waals surface area (Å²) in [7, 11) is 0. The molecule has 0 heterocycles. The van der Waals surface area contributed by atoms with Crippen molar-refractivity contribution in [2.45, 2.75) is 116 Å². The van der Waals surface area contributed by atoms with E-state index < -0.39 is 0 Å². The van der Waals surface area contributed by atoms with Crippen LogP contribution in [0.25, 0.3) is 0 Å². The van der Waals surface area contributed by atoms with Crippen LogP contribution in [0, 0.1) is 0 Å². The Hall–Kier alpha value is 0.370. The minimum atomic E-state index is 0.543. The highest BCUT2D eigenvalue weighted by molar-refractivity contribution is 14.1. The van der Waals surface area contributed by atoms with Crippen LogP contribution in [-0.2, 0) is 42.6 Å². The predicted octanol–water partition coefficient (Wildman–Crippen LogP) is 8.22. The van der Waals surface area contributed by atoms with Crippen LogP contribution in [0.5, 0.6) is 0 Å². The minimum Gasteiger partial charge on any atom is -0.379 e. The highest BCUT2D eigenvalue weighted by Gasteiger charge is 1.97. The summed E-state index contributed by atoms with van der Waals surface area (Å²) in [5, 5.41) is 0. The molecule has 0 fully saturated rings. The lowest BCUT2D eigenvalue weighted by Gasteiger charge is -2.09. The van der Waals surface area contributed by atoms with Crippen LogP contribution in [0.15, 0.2) is 0 Å². The molecule has 0 atom stereocenters. The molecule has 0 unspecified atom stereocenters. The van der Waals surface area contributed by atoms with E-state index in [1.54, 1.807) is 0 Å². The lowest BCUT2D eigenvalue weighted by atomic mass is 10.0. The van der Waals surface area contributed by atoms with Crippen molar-refractivity contribution in [3.63, 3.8) is 0 Å². The van der Waals surface area contributed by atoms with Gasteiger partial charge in [-0.3, -0.25) is 0 Å². The summed E-state index contributed by atoms with van der Waals surface area (Å²) in [5.41, 5.74) is 0. The first-order chi connectivity index (χ1) is 23.4. The number of hydrogen-bond acceptors (Lipinski definition) is 9. The number of alkyl halides is 1. The summed E-state index contributed by atoms with van der Waals surface area (Å²) in [4.78, 5) is 0. The Morgan fingerprint density at radius 3 is 0.660 bits per heavy atom. The van der Waals surface area contributed by atoms with E-state index in [0.29, 0.717) is 106 Å². The molecular weight excluding hydrogens is 715 g/mol. The van der Waals surface area contributed by atoms with Gasteiger partial charge in [-0.15, -0.1) is 0 Å². The summed E-state index contributed by atoms with van der Waals surface area (Å²) >= 11 is 2.43. The number of halogens is 1. The molecule has 0 bridgehead atoms. The SMILES string of the molecule is CCCCCCCCCCCCCCCOCCOCCOCCOCCOCCOCCOCCOCCOCCCCCCI. The van der Waals surface area contributed by atoms with Gasteiger partial charge in [-0.2, -0.15) is 0 Å². The van der Waals surface area contributed by atoms with E-state index in [4.69, 9.17) is 42.6 Å². The van der Waals surface area contributed by atoms with Crippen molar-refractivity contribution in [3.8, 4) is 0 Å². The molecule has 0 aromatic rings. The van der Waals surface area contributed by atoms with Crippen molar-refractivity contribution < 1.29 is 42.6 Å². The molecule has 0 rings (SSSR count). The maximum absolute atomic E-state index is 5.68. The molecule has 9 nitrogen and oxygen atoms in total. The van der Waals surface area contributed by atoms with Crippen LogP contribution in [0.1, 0.15) is 116 Å². The second-order valence-corrected chi connectivity index (χ2v) is 12.9. The van der Waals surface area contributed by atoms with Crippen LogP contribution in [0.3, 0.4) is 0 Å². The third kappa shape index (κ3) is 46.4. The third-order valence-electron chi connectivity index (χ3n) is 7.54. The molecule has 0 aromatic carbocycles. The average molecular weight is 791 g/mol. The highest BCUT2D eigenvalue weighted by atomic mass is 127. The Morgan fingerprint density at radius 2 is 0.426 bits per heavy atom. The molecule has 0 saturated carbocycles. The molecule has 0 saturated heterocycles. The van der Waals surface area contributed by atoms with Crippen molar-refractivity contribution in [2.24, 2.45) is 0 Å². The maximum atomic E-state index is 5.68. The number of ether oxygens (including phenoxy) is 9. The monoisotopic (exact) mass is 790 g/mol. The fourth-order valence-corrected chi connectivity index (χ4v) is 5.27. The lowest BCUT2D eigenvalue weighted by molar-refractivity contribution is -0.0250. The molecule has 0 aliphatic carbocycles. The van der Waals surface area contributed by atoms with E-state index in [2.05, 4.69) is 29.5 Å². The second-order valence-electron chi connectivity index (χ2n) is 11.9. The van der Waals surface area contributed by atoms with Crippen molar-refractivity contribution in [3.05, 3.63) is 0 Å². The van der Waals surface area contributed by atoms with Gasteiger partial charge in [0.25, 0.3) is 0 Å². The summed E-state index contributed by atoms with van der Waals surface area (Å²) in [6.45, 7) is 13.2. The van der Waals surface area contributed by atoms with Gasteiger partial charge < -0.3 is 42.6 Å². The molecule has 10 heteroatoms. The minimum absolute atomic E-state index is 0.543. The molecule has 47 heavy (non-hydrogen) atoms. The number of hydrogen-bond donors (Lipinski definition) is 0. The van der Waals surface area contributed by atoms with E-state index in [1.807, 2.05) is 0 Å².